The number of H-pyrrole nitrogens is 1. The molecule has 0 spiro atoms. The number of aromatic amines is 1. The Balaban J connectivity index is 2.61. The van der Waals surface area contributed by atoms with Crippen molar-refractivity contribution >= 4 is 40.3 Å². The molecule has 78 valence electrons. The number of esters is 1. The Morgan fingerprint density at radius 3 is 2.87 bits per heavy atom. The number of methoxy groups -OCH3 is 1. The van der Waals surface area contributed by atoms with Gasteiger partial charge in [-0.2, -0.15) is 0 Å². The average molecular weight is 246 g/mol. The maximum atomic E-state index is 11.1. The fourth-order valence-electron chi connectivity index (χ4n) is 1.09. The van der Waals surface area contributed by atoms with Crippen LogP contribution in [0.3, 0.4) is 0 Å². The Kier molecular flexibility index (Phi) is 2.50. The quantitative estimate of drug-likeness (QED) is 0.617. The summed E-state index contributed by atoms with van der Waals surface area (Å²) in [6.07, 6.45) is 0. The molecule has 2 aromatic heterocycles. The van der Waals surface area contributed by atoms with Gasteiger partial charge in [0.05, 0.1) is 17.6 Å². The Hall–Kier alpha value is -1.33. The van der Waals surface area contributed by atoms with E-state index >= 15 is 0 Å². The molecular weight excluding hydrogens is 241 g/mol. The van der Waals surface area contributed by atoms with Gasteiger partial charge in [0.2, 0.25) is 5.82 Å². The molecule has 0 amide bonds. The van der Waals surface area contributed by atoms with E-state index in [0.717, 1.165) is 0 Å². The minimum Gasteiger partial charge on any atom is -0.463 e. The summed E-state index contributed by atoms with van der Waals surface area (Å²) in [5, 5.41) is 0.441. The lowest BCUT2D eigenvalue weighted by Gasteiger charge is -1.92. The second-order valence-electron chi connectivity index (χ2n) is 2.71. The fraction of sp³-hybridized carbons (Fsp3) is 0.125. The van der Waals surface area contributed by atoms with E-state index in [2.05, 4.69) is 19.7 Å². The number of carbonyl (C=O) groups excluding carboxylic acids is 1. The van der Waals surface area contributed by atoms with Crippen molar-refractivity contribution in [1.29, 1.82) is 0 Å². The van der Waals surface area contributed by atoms with Gasteiger partial charge in [0.1, 0.15) is 5.15 Å². The lowest BCUT2D eigenvalue weighted by atomic mass is 10.4. The van der Waals surface area contributed by atoms with Crippen LogP contribution in [0.2, 0.25) is 10.2 Å². The molecule has 0 aliphatic rings. The molecule has 0 radical (unpaired) electrons. The number of fused-ring (bicyclic) bond motifs is 1. The van der Waals surface area contributed by atoms with E-state index in [1.807, 2.05) is 0 Å². The van der Waals surface area contributed by atoms with Gasteiger partial charge in [-0.05, 0) is 6.07 Å². The summed E-state index contributed by atoms with van der Waals surface area (Å²) in [5.74, 6) is -0.501. The highest BCUT2D eigenvalue weighted by Gasteiger charge is 2.13. The first-order valence-corrected chi connectivity index (χ1v) is 4.67. The van der Waals surface area contributed by atoms with Crippen molar-refractivity contribution in [1.82, 2.24) is 15.0 Å². The number of nitrogens with one attached hydrogen (secondary N) is 1. The molecule has 5 nitrogen and oxygen atoms in total. The third-order valence-electron chi connectivity index (χ3n) is 1.76. The molecule has 7 heteroatoms. The van der Waals surface area contributed by atoms with Crippen LogP contribution in [-0.2, 0) is 4.74 Å². The molecule has 0 fully saturated rings. The maximum Gasteiger partial charge on any atom is 0.374 e. The van der Waals surface area contributed by atoms with Crippen molar-refractivity contribution < 1.29 is 9.53 Å². The second-order valence-corrected chi connectivity index (χ2v) is 3.47. The summed E-state index contributed by atoms with van der Waals surface area (Å²) >= 11 is 11.4. The number of imidazole rings is 1. The molecule has 0 aromatic carbocycles. The molecule has 0 atom stereocenters. The van der Waals surface area contributed by atoms with E-state index in [9.17, 15) is 4.79 Å². The lowest BCUT2D eigenvalue weighted by Crippen LogP contribution is -2.02. The van der Waals surface area contributed by atoms with Gasteiger partial charge in [-0.3, -0.25) is 0 Å². The zero-order chi connectivity index (χ0) is 11.0. The third-order valence-corrected chi connectivity index (χ3v) is 2.44. The van der Waals surface area contributed by atoms with Crippen molar-refractivity contribution in [3.63, 3.8) is 0 Å². The summed E-state index contributed by atoms with van der Waals surface area (Å²) in [7, 11) is 1.27. The molecule has 2 aromatic rings. The molecule has 2 rings (SSSR count). The molecule has 0 bridgehead atoms. The summed E-state index contributed by atoms with van der Waals surface area (Å²) < 4.78 is 4.50. The van der Waals surface area contributed by atoms with Crippen LogP contribution in [0.1, 0.15) is 10.6 Å². The summed E-state index contributed by atoms with van der Waals surface area (Å²) in [6.45, 7) is 0. The SMILES string of the molecule is COC(=O)c1nc2nc(Cl)c(Cl)cc2[nH]1. The predicted octanol–water partition coefficient (Wildman–Crippen LogP) is 2.05. The lowest BCUT2D eigenvalue weighted by molar-refractivity contribution is 0.0588. The number of hydrogen-bond acceptors (Lipinski definition) is 4. The van der Waals surface area contributed by atoms with Gasteiger partial charge in [-0.15, -0.1) is 0 Å². The normalized spacial score (nSPS) is 10.6. The van der Waals surface area contributed by atoms with Gasteiger partial charge in [-0.1, -0.05) is 23.2 Å². The topological polar surface area (TPSA) is 67.9 Å². The van der Waals surface area contributed by atoms with Gasteiger partial charge in [0, 0.05) is 0 Å². The van der Waals surface area contributed by atoms with Crippen LogP contribution < -0.4 is 0 Å². The maximum absolute atomic E-state index is 11.1. The van der Waals surface area contributed by atoms with Crippen LogP contribution in [0.5, 0.6) is 0 Å². The van der Waals surface area contributed by atoms with Crippen LogP contribution in [0.4, 0.5) is 0 Å². The van der Waals surface area contributed by atoms with E-state index < -0.39 is 5.97 Å². The smallest absolute Gasteiger partial charge is 0.374 e. The number of carbonyl (C=O) groups is 1. The predicted molar refractivity (Wildman–Crippen MR) is 55.2 cm³/mol. The molecule has 0 saturated heterocycles. The number of hydrogen-bond donors (Lipinski definition) is 1. The summed E-state index contributed by atoms with van der Waals surface area (Å²) in [6, 6.07) is 1.55. The van der Waals surface area contributed by atoms with Crippen LogP contribution in [-0.4, -0.2) is 28.0 Å². The fourth-order valence-corrected chi connectivity index (χ4v) is 1.38. The van der Waals surface area contributed by atoms with Gasteiger partial charge >= 0.3 is 5.97 Å². The highest BCUT2D eigenvalue weighted by Crippen LogP contribution is 2.23. The van der Waals surface area contributed by atoms with E-state index in [1.54, 1.807) is 6.07 Å². The number of nitrogens with zero attached hydrogens (tertiary/aromatic N) is 2. The molecular formula is C8H5Cl2N3O2. The number of rotatable bonds is 1. The molecule has 0 unspecified atom stereocenters. The highest BCUT2D eigenvalue weighted by molar-refractivity contribution is 6.41. The number of ether oxygens (including phenoxy) is 1. The van der Waals surface area contributed by atoms with Crippen molar-refractivity contribution in [2.75, 3.05) is 7.11 Å². The number of pyridine rings is 1. The Morgan fingerprint density at radius 1 is 1.47 bits per heavy atom. The molecule has 1 N–H and O–H groups in total. The minimum atomic E-state index is -0.569. The number of aromatic nitrogens is 3. The van der Waals surface area contributed by atoms with Crippen molar-refractivity contribution in [3.8, 4) is 0 Å². The van der Waals surface area contributed by atoms with E-state index in [1.165, 1.54) is 7.11 Å². The standard InChI is InChI=1S/C8H5Cl2N3O2/c1-15-8(14)7-11-4-2-3(9)5(10)12-6(4)13-7/h2H,1H3,(H,11,12,13). The number of halogens is 2. The first kappa shape index (κ1) is 10.2. The third kappa shape index (κ3) is 1.75. The summed E-state index contributed by atoms with van der Waals surface area (Å²) in [4.78, 5) is 21.7. The largest absolute Gasteiger partial charge is 0.463 e. The first-order valence-electron chi connectivity index (χ1n) is 3.92. The molecule has 15 heavy (non-hydrogen) atoms. The van der Waals surface area contributed by atoms with Crippen molar-refractivity contribution in [2.24, 2.45) is 0 Å². The Bertz CT molecular complexity index is 499. The van der Waals surface area contributed by atoms with Crippen LogP contribution in [0, 0.1) is 0 Å². The highest BCUT2D eigenvalue weighted by atomic mass is 35.5. The summed E-state index contributed by atoms with van der Waals surface area (Å²) in [5.41, 5.74) is 0.856. The van der Waals surface area contributed by atoms with Gasteiger partial charge in [0.15, 0.2) is 5.65 Å². The molecule has 2 heterocycles. The van der Waals surface area contributed by atoms with Crippen LogP contribution >= 0.6 is 23.2 Å². The van der Waals surface area contributed by atoms with Gasteiger partial charge in [-0.25, -0.2) is 14.8 Å². The van der Waals surface area contributed by atoms with Crippen LogP contribution in [0.25, 0.3) is 11.2 Å². The molecule has 0 aliphatic heterocycles. The Morgan fingerprint density at radius 2 is 2.20 bits per heavy atom. The second kappa shape index (κ2) is 3.67. The minimum absolute atomic E-state index is 0.0679. The van der Waals surface area contributed by atoms with E-state index in [0.29, 0.717) is 16.2 Å². The zero-order valence-electron chi connectivity index (χ0n) is 7.54. The first-order chi connectivity index (χ1) is 7.11. The van der Waals surface area contributed by atoms with Gasteiger partial charge in [0.25, 0.3) is 0 Å². The van der Waals surface area contributed by atoms with Crippen molar-refractivity contribution in [3.05, 3.63) is 22.1 Å². The monoisotopic (exact) mass is 245 g/mol. The zero-order valence-corrected chi connectivity index (χ0v) is 9.06. The Labute approximate surface area is 94.4 Å². The average Bonchev–Trinajstić information content (AvgIpc) is 2.60. The van der Waals surface area contributed by atoms with E-state index in [-0.39, 0.29) is 11.0 Å². The van der Waals surface area contributed by atoms with Gasteiger partial charge < -0.3 is 9.72 Å². The molecule has 0 saturated carbocycles. The molecule has 0 aliphatic carbocycles. The van der Waals surface area contributed by atoms with Crippen LogP contribution in [0.15, 0.2) is 6.07 Å². The van der Waals surface area contributed by atoms with E-state index in [4.69, 9.17) is 23.2 Å². The van der Waals surface area contributed by atoms with Crippen molar-refractivity contribution in [2.45, 2.75) is 0 Å².